The number of hydrogen-bond acceptors (Lipinski definition) is 4. The number of anilines is 1. The molecule has 1 aromatic rings. The molecule has 0 amide bonds. The van der Waals surface area contributed by atoms with Crippen LogP contribution in [-0.4, -0.2) is 41.0 Å². The number of ether oxygens (including phenoxy) is 1. The summed E-state index contributed by atoms with van der Waals surface area (Å²) in [6, 6.07) is 7.49. The van der Waals surface area contributed by atoms with E-state index in [2.05, 4.69) is 0 Å². The first-order chi connectivity index (χ1) is 9.51. The maximum atomic E-state index is 12.4. The predicted octanol–water partition coefficient (Wildman–Crippen LogP) is 1.52. The molecular formula is C14H24N2O3S. The highest BCUT2D eigenvalue weighted by Gasteiger charge is 2.21. The van der Waals surface area contributed by atoms with Crippen molar-refractivity contribution >= 4 is 15.7 Å². The molecule has 0 saturated carbocycles. The second kappa shape index (κ2) is 8.24. The standard InChI is InChI=1S/C14H24N2O3S/c1-13-5-7-14(8-6-13)16(10-3-9-15)20(17,18)12-4-11-19-2/h5-8H,3-4,9-12,15H2,1-2H3. The molecule has 20 heavy (non-hydrogen) atoms. The van der Waals surface area contributed by atoms with Crippen LogP contribution in [0.4, 0.5) is 5.69 Å². The van der Waals surface area contributed by atoms with Gasteiger partial charge in [-0.25, -0.2) is 8.42 Å². The Balaban J connectivity index is 2.90. The van der Waals surface area contributed by atoms with Crippen molar-refractivity contribution in [1.82, 2.24) is 0 Å². The second-order valence-electron chi connectivity index (χ2n) is 4.71. The summed E-state index contributed by atoms with van der Waals surface area (Å²) in [5.41, 5.74) is 7.30. The van der Waals surface area contributed by atoms with E-state index >= 15 is 0 Å². The molecule has 1 rings (SSSR count). The summed E-state index contributed by atoms with van der Waals surface area (Å²) in [7, 11) is -1.77. The highest BCUT2D eigenvalue weighted by atomic mass is 32.2. The quantitative estimate of drug-likeness (QED) is 0.702. The number of sulfonamides is 1. The first-order valence-corrected chi connectivity index (χ1v) is 8.38. The summed E-state index contributed by atoms with van der Waals surface area (Å²) in [4.78, 5) is 0. The molecule has 0 aromatic heterocycles. The molecule has 0 atom stereocenters. The van der Waals surface area contributed by atoms with E-state index in [1.165, 1.54) is 4.31 Å². The molecule has 2 N–H and O–H groups in total. The predicted molar refractivity (Wildman–Crippen MR) is 82.5 cm³/mol. The van der Waals surface area contributed by atoms with Crippen LogP contribution in [0.1, 0.15) is 18.4 Å². The number of nitrogens with two attached hydrogens (primary N) is 1. The molecule has 1 aromatic carbocycles. The molecule has 6 heteroatoms. The largest absolute Gasteiger partial charge is 0.385 e. The number of benzene rings is 1. The van der Waals surface area contributed by atoms with Crippen LogP contribution in [0.25, 0.3) is 0 Å². The minimum atomic E-state index is -3.33. The van der Waals surface area contributed by atoms with Gasteiger partial charge in [0.15, 0.2) is 0 Å². The van der Waals surface area contributed by atoms with Crippen molar-refractivity contribution in [2.75, 3.05) is 36.9 Å². The Kier molecular flexibility index (Phi) is 6.98. The van der Waals surface area contributed by atoms with Gasteiger partial charge in [-0.05, 0) is 38.4 Å². The van der Waals surface area contributed by atoms with Crippen LogP contribution in [-0.2, 0) is 14.8 Å². The Bertz CT molecular complexity index is 486. The van der Waals surface area contributed by atoms with Gasteiger partial charge in [0.1, 0.15) is 0 Å². The SMILES string of the molecule is COCCCS(=O)(=O)N(CCCN)c1ccc(C)cc1. The van der Waals surface area contributed by atoms with Crippen molar-refractivity contribution in [3.05, 3.63) is 29.8 Å². The van der Waals surface area contributed by atoms with Gasteiger partial charge in [0, 0.05) is 20.3 Å². The Morgan fingerprint density at radius 1 is 1.20 bits per heavy atom. The fourth-order valence-corrected chi connectivity index (χ4v) is 3.42. The average molecular weight is 300 g/mol. The van der Waals surface area contributed by atoms with Crippen LogP contribution in [0.2, 0.25) is 0 Å². The zero-order valence-electron chi connectivity index (χ0n) is 12.2. The van der Waals surface area contributed by atoms with Gasteiger partial charge in [-0.1, -0.05) is 17.7 Å². The minimum absolute atomic E-state index is 0.0826. The minimum Gasteiger partial charge on any atom is -0.385 e. The summed E-state index contributed by atoms with van der Waals surface area (Å²) in [5.74, 6) is 0.0826. The van der Waals surface area contributed by atoms with Crippen molar-refractivity contribution in [2.45, 2.75) is 19.8 Å². The maximum Gasteiger partial charge on any atom is 0.235 e. The van der Waals surface area contributed by atoms with Crippen LogP contribution < -0.4 is 10.0 Å². The van der Waals surface area contributed by atoms with Gasteiger partial charge in [-0.3, -0.25) is 4.31 Å². The second-order valence-corrected chi connectivity index (χ2v) is 6.73. The van der Waals surface area contributed by atoms with Crippen molar-refractivity contribution in [1.29, 1.82) is 0 Å². The maximum absolute atomic E-state index is 12.4. The Hall–Kier alpha value is -1.11. The van der Waals surface area contributed by atoms with Crippen LogP contribution in [0.15, 0.2) is 24.3 Å². The smallest absolute Gasteiger partial charge is 0.235 e. The normalized spacial score (nSPS) is 11.6. The molecule has 114 valence electrons. The van der Waals surface area contributed by atoms with E-state index in [9.17, 15) is 8.42 Å². The van der Waals surface area contributed by atoms with Gasteiger partial charge in [0.05, 0.1) is 11.4 Å². The first kappa shape index (κ1) is 16.9. The zero-order valence-corrected chi connectivity index (χ0v) is 13.0. The topological polar surface area (TPSA) is 72.6 Å². The average Bonchev–Trinajstić information content (AvgIpc) is 2.41. The number of rotatable bonds is 9. The fourth-order valence-electron chi connectivity index (χ4n) is 1.87. The molecule has 0 heterocycles. The van der Waals surface area contributed by atoms with Gasteiger partial charge < -0.3 is 10.5 Å². The van der Waals surface area contributed by atoms with E-state index in [1.54, 1.807) is 7.11 Å². The lowest BCUT2D eigenvalue weighted by atomic mass is 10.2. The third-order valence-corrected chi connectivity index (χ3v) is 4.84. The van der Waals surface area contributed by atoms with Crippen LogP contribution in [0.5, 0.6) is 0 Å². The van der Waals surface area contributed by atoms with Gasteiger partial charge in [0.2, 0.25) is 10.0 Å². The monoisotopic (exact) mass is 300 g/mol. The Morgan fingerprint density at radius 2 is 1.85 bits per heavy atom. The number of hydrogen-bond donors (Lipinski definition) is 1. The molecule has 0 aliphatic carbocycles. The molecule has 0 bridgehead atoms. The van der Waals surface area contributed by atoms with Crippen LogP contribution in [0, 0.1) is 6.92 Å². The molecule has 0 spiro atoms. The third kappa shape index (κ3) is 5.11. The van der Waals surface area contributed by atoms with Gasteiger partial charge in [-0.15, -0.1) is 0 Å². The molecule has 0 saturated heterocycles. The third-order valence-electron chi connectivity index (χ3n) is 2.97. The lowest BCUT2D eigenvalue weighted by molar-refractivity contribution is 0.199. The summed E-state index contributed by atoms with van der Waals surface area (Å²) in [6.07, 6.45) is 1.13. The van der Waals surface area contributed by atoms with E-state index in [-0.39, 0.29) is 5.75 Å². The summed E-state index contributed by atoms with van der Waals surface area (Å²) in [5, 5.41) is 0. The number of nitrogens with zero attached hydrogens (tertiary/aromatic N) is 1. The zero-order chi connectivity index (χ0) is 15.0. The number of aryl methyl sites for hydroxylation is 1. The fraction of sp³-hybridized carbons (Fsp3) is 0.571. The van der Waals surface area contributed by atoms with Crippen molar-refractivity contribution in [3.8, 4) is 0 Å². The molecular weight excluding hydrogens is 276 g/mol. The first-order valence-electron chi connectivity index (χ1n) is 6.77. The molecule has 0 aliphatic heterocycles. The lowest BCUT2D eigenvalue weighted by Crippen LogP contribution is -2.35. The van der Waals surface area contributed by atoms with E-state index in [1.807, 2.05) is 31.2 Å². The van der Waals surface area contributed by atoms with Gasteiger partial charge in [-0.2, -0.15) is 0 Å². The molecule has 0 fully saturated rings. The van der Waals surface area contributed by atoms with Crippen LogP contribution >= 0.6 is 0 Å². The van der Waals surface area contributed by atoms with Gasteiger partial charge >= 0.3 is 0 Å². The van der Waals surface area contributed by atoms with Crippen molar-refractivity contribution < 1.29 is 13.2 Å². The molecule has 0 aliphatic rings. The summed E-state index contributed by atoms with van der Waals surface area (Å²) < 4.78 is 31.2. The molecule has 0 unspecified atom stereocenters. The lowest BCUT2D eigenvalue weighted by Gasteiger charge is -2.24. The Morgan fingerprint density at radius 3 is 2.40 bits per heavy atom. The van der Waals surface area contributed by atoms with Gasteiger partial charge in [0.25, 0.3) is 0 Å². The highest BCUT2D eigenvalue weighted by molar-refractivity contribution is 7.92. The number of methoxy groups -OCH3 is 1. The van der Waals surface area contributed by atoms with E-state index in [4.69, 9.17) is 10.5 Å². The van der Waals surface area contributed by atoms with E-state index in [0.29, 0.717) is 38.2 Å². The highest BCUT2D eigenvalue weighted by Crippen LogP contribution is 2.20. The van der Waals surface area contributed by atoms with Crippen LogP contribution in [0.3, 0.4) is 0 Å². The summed E-state index contributed by atoms with van der Waals surface area (Å²) >= 11 is 0. The molecule has 5 nitrogen and oxygen atoms in total. The van der Waals surface area contributed by atoms with Crippen molar-refractivity contribution in [3.63, 3.8) is 0 Å². The van der Waals surface area contributed by atoms with Crippen molar-refractivity contribution in [2.24, 2.45) is 5.73 Å². The molecule has 0 radical (unpaired) electrons. The van der Waals surface area contributed by atoms with E-state index < -0.39 is 10.0 Å². The van der Waals surface area contributed by atoms with E-state index in [0.717, 1.165) is 5.56 Å². The Labute approximate surface area is 121 Å². The summed E-state index contributed by atoms with van der Waals surface area (Å²) in [6.45, 7) is 3.30.